The SMILES string of the molecule is COc1ccccc1NC(=O)[C@@H]1CCCN(S(=O)(=O)c2cc(C)ccc2OC)C1. The summed E-state index contributed by atoms with van der Waals surface area (Å²) in [4.78, 5) is 12.9. The number of sulfonamides is 1. The lowest BCUT2D eigenvalue weighted by molar-refractivity contribution is -0.120. The van der Waals surface area contributed by atoms with Crippen LogP contribution in [0.4, 0.5) is 5.69 Å². The molecular formula is C21H26N2O5S. The number of para-hydroxylation sites is 2. The van der Waals surface area contributed by atoms with Crippen molar-refractivity contribution in [3.8, 4) is 11.5 Å². The summed E-state index contributed by atoms with van der Waals surface area (Å²) in [7, 11) is -0.791. The highest BCUT2D eigenvalue weighted by Crippen LogP contribution is 2.31. The molecule has 1 N–H and O–H groups in total. The monoisotopic (exact) mass is 418 g/mol. The van der Waals surface area contributed by atoms with E-state index in [1.165, 1.54) is 18.5 Å². The molecule has 1 aliphatic rings. The first-order valence-corrected chi connectivity index (χ1v) is 10.9. The summed E-state index contributed by atoms with van der Waals surface area (Å²) in [5.41, 5.74) is 1.40. The van der Waals surface area contributed by atoms with Gasteiger partial charge in [-0.05, 0) is 49.6 Å². The molecule has 8 heteroatoms. The summed E-state index contributed by atoms with van der Waals surface area (Å²) in [5.74, 6) is 0.201. The second-order valence-corrected chi connectivity index (χ2v) is 8.95. The van der Waals surface area contributed by atoms with Crippen LogP contribution in [0.1, 0.15) is 18.4 Å². The van der Waals surface area contributed by atoms with Gasteiger partial charge in [0.1, 0.15) is 16.4 Å². The quantitative estimate of drug-likeness (QED) is 0.779. The van der Waals surface area contributed by atoms with Gasteiger partial charge in [-0.25, -0.2) is 8.42 Å². The van der Waals surface area contributed by atoms with Gasteiger partial charge in [-0.3, -0.25) is 4.79 Å². The molecule has 7 nitrogen and oxygen atoms in total. The second kappa shape index (κ2) is 8.84. The third-order valence-electron chi connectivity index (χ3n) is 5.06. The summed E-state index contributed by atoms with van der Waals surface area (Å²) in [5, 5.41) is 2.86. The van der Waals surface area contributed by atoms with E-state index in [2.05, 4.69) is 5.32 Å². The van der Waals surface area contributed by atoms with E-state index in [0.29, 0.717) is 36.6 Å². The number of anilines is 1. The Morgan fingerprint density at radius 1 is 1.10 bits per heavy atom. The third kappa shape index (κ3) is 4.54. The molecule has 0 spiro atoms. The van der Waals surface area contributed by atoms with Crippen molar-refractivity contribution >= 4 is 21.6 Å². The van der Waals surface area contributed by atoms with Crippen LogP contribution in [0.25, 0.3) is 0 Å². The second-order valence-electron chi connectivity index (χ2n) is 7.05. The first kappa shape index (κ1) is 21.1. The summed E-state index contributed by atoms with van der Waals surface area (Å²) in [6.45, 7) is 2.33. The predicted molar refractivity (Wildman–Crippen MR) is 111 cm³/mol. The molecule has 0 bridgehead atoms. The van der Waals surface area contributed by atoms with Crippen LogP contribution >= 0.6 is 0 Å². The van der Waals surface area contributed by atoms with Gasteiger partial charge in [-0.15, -0.1) is 0 Å². The molecule has 1 fully saturated rings. The van der Waals surface area contributed by atoms with Gasteiger partial charge in [0.15, 0.2) is 0 Å². The normalized spacial score (nSPS) is 17.6. The van der Waals surface area contributed by atoms with Gasteiger partial charge in [-0.1, -0.05) is 18.2 Å². The predicted octanol–water partition coefficient (Wildman–Crippen LogP) is 3.05. The molecule has 0 aromatic heterocycles. The van der Waals surface area contributed by atoms with Crippen molar-refractivity contribution in [2.75, 3.05) is 32.6 Å². The van der Waals surface area contributed by atoms with Gasteiger partial charge in [0.2, 0.25) is 15.9 Å². The van der Waals surface area contributed by atoms with E-state index in [1.807, 2.05) is 13.0 Å². The zero-order valence-corrected chi connectivity index (χ0v) is 17.7. The number of carbonyl (C=O) groups excluding carboxylic acids is 1. The lowest BCUT2D eigenvalue weighted by Crippen LogP contribution is -2.43. The summed E-state index contributed by atoms with van der Waals surface area (Å²) in [6, 6.07) is 12.2. The molecule has 29 heavy (non-hydrogen) atoms. The van der Waals surface area contributed by atoms with Crippen molar-refractivity contribution in [2.24, 2.45) is 5.92 Å². The molecule has 1 aliphatic heterocycles. The number of benzene rings is 2. The first-order valence-electron chi connectivity index (χ1n) is 9.45. The Morgan fingerprint density at radius 3 is 2.55 bits per heavy atom. The number of aryl methyl sites for hydroxylation is 1. The van der Waals surface area contributed by atoms with Crippen LogP contribution in [0, 0.1) is 12.8 Å². The van der Waals surface area contributed by atoms with Crippen LogP contribution in [-0.2, 0) is 14.8 Å². The number of ether oxygens (including phenoxy) is 2. The Labute approximate surface area is 171 Å². The highest BCUT2D eigenvalue weighted by atomic mass is 32.2. The van der Waals surface area contributed by atoms with Crippen molar-refractivity contribution in [1.82, 2.24) is 4.31 Å². The molecule has 0 radical (unpaired) electrons. The van der Waals surface area contributed by atoms with Crippen molar-refractivity contribution in [3.63, 3.8) is 0 Å². The van der Waals surface area contributed by atoms with Gasteiger partial charge in [0, 0.05) is 13.1 Å². The first-order chi connectivity index (χ1) is 13.9. The van der Waals surface area contributed by atoms with Gasteiger partial charge >= 0.3 is 0 Å². The van der Waals surface area contributed by atoms with E-state index in [1.54, 1.807) is 36.4 Å². The van der Waals surface area contributed by atoms with Crippen molar-refractivity contribution < 1.29 is 22.7 Å². The molecule has 156 valence electrons. The van der Waals surface area contributed by atoms with Crippen LogP contribution in [-0.4, -0.2) is 45.9 Å². The zero-order chi connectivity index (χ0) is 21.0. The average Bonchev–Trinajstić information content (AvgIpc) is 2.74. The smallest absolute Gasteiger partial charge is 0.246 e. The van der Waals surface area contributed by atoms with Crippen molar-refractivity contribution in [2.45, 2.75) is 24.7 Å². The standard InChI is InChI=1S/C21H26N2O5S/c1-15-10-11-19(28-3)20(13-15)29(25,26)23-12-6-7-16(14-23)21(24)22-17-8-4-5-9-18(17)27-2/h4-5,8-11,13,16H,6-7,12,14H2,1-3H3,(H,22,24)/t16-/m1/s1. The molecule has 1 saturated heterocycles. The van der Waals surface area contributed by atoms with E-state index in [-0.39, 0.29) is 17.3 Å². The Kier molecular flexibility index (Phi) is 6.44. The number of nitrogens with one attached hydrogen (secondary N) is 1. The van der Waals surface area contributed by atoms with E-state index < -0.39 is 15.9 Å². The lowest BCUT2D eigenvalue weighted by atomic mass is 9.98. The average molecular weight is 419 g/mol. The van der Waals surface area contributed by atoms with Crippen LogP contribution in [0.2, 0.25) is 0 Å². The molecule has 0 unspecified atom stereocenters. The fraction of sp³-hybridized carbons (Fsp3) is 0.381. The number of hydrogen-bond acceptors (Lipinski definition) is 5. The van der Waals surface area contributed by atoms with Gasteiger partial charge in [0.05, 0.1) is 25.8 Å². The maximum absolute atomic E-state index is 13.2. The molecule has 1 amide bonds. The molecular weight excluding hydrogens is 392 g/mol. The maximum atomic E-state index is 13.2. The van der Waals surface area contributed by atoms with Crippen LogP contribution in [0.5, 0.6) is 11.5 Å². The highest BCUT2D eigenvalue weighted by Gasteiger charge is 2.35. The Morgan fingerprint density at radius 2 is 1.83 bits per heavy atom. The van der Waals surface area contributed by atoms with E-state index in [4.69, 9.17) is 9.47 Å². The zero-order valence-electron chi connectivity index (χ0n) is 16.8. The van der Waals surface area contributed by atoms with Crippen LogP contribution in [0.3, 0.4) is 0 Å². The molecule has 1 heterocycles. The number of nitrogens with zero attached hydrogens (tertiary/aromatic N) is 1. The fourth-order valence-corrected chi connectivity index (χ4v) is 5.25. The fourth-order valence-electron chi connectivity index (χ4n) is 3.48. The highest BCUT2D eigenvalue weighted by molar-refractivity contribution is 7.89. The minimum Gasteiger partial charge on any atom is -0.495 e. The Hall–Kier alpha value is -2.58. The maximum Gasteiger partial charge on any atom is 0.246 e. The Bertz CT molecular complexity index is 990. The number of methoxy groups -OCH3 is 2. The number of carbonyl (C=O) groups is 1. The van der Waals surface area contributed by atoms with Gasteiger partial charge in [0.25, 0.3) is 0 Å². The molecule has 0 saturated carbocycles. The number of piperidine rings is 1. The minimum absolute atomic E-state index is 0.125. The van der Waals surface area contributed by atoms with E-state index >= 15 is 0 Å². The number of rotatable bonds is 6. The topological polar surface area (TPSA) is 84.9 Å². The molecule has 3 rings (SSSR count). The molecule has 1 atom stereocenters. The van der Waals surface area contributed by atoms with Gasteiger partial charge < -0.3 is 14.8 Å². The van der Waals surface area contributed by atoms with Gasteiger partial charge in [-0.2, -0.15) is 4.31 Å². The van der Waals surface area contributed by atoms with E-state index in [9.17, 15) is 13.2 Å². The number of amides is 1. The van der Waals surface area contributed by atoms with E-state index in [0.717, 1.165) is 5.56 Å². The number of hydrogen-bond donors (Lipinski definition) is 1. The molecule has 0 aliphatic carbocycles. The molecule has 2 aromatic carbocycles. The minimum atomic E-state index is -3.78. The summed E-state index contributed by atoms with van der Waals surface area (Å²) in [6.07, 6.45) is 1.23. The van der Waals surface area contributed by atoms with Crippen molar-refractivity contribution in [3.05, 3.63) is 48.0 Å². The van der Waals surface area contributed by atoms with Crippen molar-refractivity contribution in [1.29, 1.82) is 0 Å². The third-order valence-corrected chi connectivity index (χ3v) is 6.94. The lowest BCUT2D eigenvalue weighted by Gasteiger charge is -2.31. The molecule has 2 aromatic rings. The Balaban J connectivity index is 1.80. The van der Waals surface area contributed by atoms with Crippen LogP contribution in [0.15, 0.2) is 47.4 Å². The largest absolute Gasteiger partial charge is 0.495 e. The van der Waals surface area contributed by atoms with Crippen LogP contribution < -0.4 is 14.8 Å². The summed E-state index contributed by atoms with van der Waals surface area (Å²) >= 11 is 0. The summed E-state index contributed by atoms with van der Waals surface area (Å²) < 4.78 is 38.4.